The fourth-order valence-electron chi connectivity index (χ4n) is 9.61. The Kier molecular flexibility index (Phi) is 8.49. The first-order valence-electron chi connectivity index (χ1n) is 20.0. The van der Waals surface area contributed by atoms with E-state index >= 15 is 0 Å². The van der Waals surface area contributed by atoms with Crippen molar-refractivity contribution in [2.75, 3.05) is 0 Å². The van der Waals surface area contributed by atoms with Crippen molar-refractivity contribution < 1.29 is 0 Å². The molecule has 1 aliphatic rings. The van der Waals surface area contributed by atoms with Crippen LogP contribution >= 0.6 is 0 Å². The van der Waals surface area contributed by atoms with E-state index in [0.29, 0.717) is 5.92 Å². The van der Waals surface area contributed by atoms with Crippen molar-refractivity contribution in [1.29, 1.82) is 0 Å². The summed E-state index contributed by atoms with van der Waals surface area (Å²) in [7, 11) is 0. The van der Waals surface area contributed by atoms with E-state index in [9.17, 15) is 0 Å². The van der Waals surface area contributed by atoms with Crippen LogP contribution in [0.25, 0.3) is 76.1 Å². The van der Waals surface area contributed by atoms with Gasteiger partial charge >= 0.3 is 0 Å². The van der Waals surface area contributed by atoms with Crippen molar-refractivity contribution in [2.24, 2.45) is 5.92 Å². The Balaban J connectivity index is 1.28. The van der Waals surface area contributed by atoms with E-state index in [0.717, 1.165) is 19.3 Å². The van der Waals surface area contributed by atoms with Gasteiger partial charge in [-0.3, -0.25) is 0 Å². The monoisotopic (exact) mass is 716 g/mol. The van der Waals surface area contributed by atoms with E-state index in [1.54, 1.807) is 0 Å². The van der Waals surface area contributed by atoms with Crippen LogP contribution in [0.4, 0.5) is 0 Å². The van der Waals surface area contributed by atoms with E-state index in [-0.39, 0.29) is 0 Å². The number of aryl methyl sites for hydroxylation is 1. The molecule has 0 spiro atoms. The summed E-state index contributed by atoms with van der Waals surface area (Å²) in [5.74, 6) is 0.463. The average Bonchev–Trinajstić information content (AvgIpc) is 3.25. The Bertz CT molecular complexity index is 3200. The summed E-state index contributed by atoms with van der Waals surface area (Å²) >= 11 is 0. The van der Waals surface area contributed by atoms with Gasteiger partial charge in [-0.1, -0.05) is 177 Å². The topological polar surface area (TPSA) is 0 Å². The van der Waals surface area contributed by atoms with Crippen LogP contribution in [-0.2, 0) is 12.8 Å². The molecule has 1 atom stereocenters. The third-order valence-electron chi connectivity index (χ3n) is 12.3. The summed E-state index contributed by atoms with van der Waals surface area (Å²) in [6, 6.07) is 54.7. The maximum Gasteiger partial charge on any atom is -0.00176 e. The number of fused-ring (bicyclic) bond motifs is 3. The summed E-state index contributed by atoms with van der Waals surface area (Å²) in [4.78, 5) is 0. The van der Waals surface area contributed by atoms with Gasteiger partial charge in [0.15, 0.2) is 0 Å². The number of rotatable bonds is 7. The Hall–Kier alpha value is -6.50. The van der Waals surface area contributed by atoms with E-state index in [2.05, 4.69) is 196 Å². The van der Waals surface area contributed by atoms with Gasteiger partial charge < -0.3 is 0 Å². The first-order valence-corrected chi connectivity index (χ1v) is 20.0. The van der Waals surface area contributed by atoms with E-state index in [1.165, 1.54) is 109 Å². The largest absolute Gasteiger partial charge is 0.0984 e. The highest BCUT2D eigenvalue weighted by molar-refractivity contribution is 6.29. The molecule has 0 N–H and O–H groups in total. The molecular formula is C56H44. The molecule has 0 radical (unpaired) electrons. The Labute approximate surface area is 329 Å². The van der Waals surface area contributed by atoms with Crippen molar-refractivity contribution >= 4 is 65.0 Å². The second kappa shape index (κ2) is 14.0. The summed E-state index contributed by atoms with van der Waals surface area (Å²) in [6.07, 6.45) is 13.8. The highest BCUT2D eigenvalue weighted by atomic mass is 14.2. The standard InChI is InChI=1S/C56H44/c1-4-43(47-23-13-12-21-44(47)38-17-6-5-7-18-38)50-28-26-39-27-29-52-54(53-34-41-20-10-11-22-45(41)48-24-14-15-25-49(48)53)35-42(46-30-31-51(50)55(39)56(46)52)33-36(2)32-40-19-9-8-16-37(40)3/h4-17,19-31,34-36H,1,18,32-33H2,2-3H3/b44-38-,47-43+. The van der Waals surface area contributed by atoms with Gasteiger partial charge in [-0.2, -0.15) is 0 Å². The molecule has 9 aromatic rings. The lowest BCUT2D eigenvalue weighted by Crippen LogP contribution is -2.28. The second-order valence-corrected chi connectivity index (χ2v) is 15.8. The van der Waals surface area contributed by atoms with Crippen LogP contribution in [0.15, 0.2) is 183 Å². The Morgan fingerprint density at radius 3 is 2.12 bits per heavy atom. The lowest BCUT2D eigenvalue weighted by Gasteiger charge is -2.22. The third kappa shape index (κ3) is 5.68. The van der Waals surface area contributed by atoms with Gasteiger partial charge in [0.05, 0.1) is 0 Å². The molecular weight excluding hydrogens is 673 g/mol. The molecule has 0 aromatic heterocycles. The Morgan fingerprint density at radius 2 is 1.29 bits per heavy atom. The molecule has 268 valence electrons. The zero-order valence-electron chi connectivity index (χ0n) is 32.1. The Morgan fingerprint density at radius 1 is 0.589 bits per heavy atom. The molecule has 1 unspecified atom stereocenters. The number of benzene rings is 9. The molecule has 0 bridgehead atoms. The van der Waals surface area contributed by atoms with Gasteiger partial charge in [-0.05, 0) is 153 Å². The molecule has 9 aromatic carbocycles. The maximum atomic E-state index is 4.43. The number of hydrogen-bond acceptors (Lipinski definition) is 0. The zero-order valence-corrected chi connectivity index (χ0v) is 32.1. The molecule has 0 nitrogen and oxygen atoms in total. The van der Waals surface area contributed by atoms with Crippen LogP contribution in [0, 0.1) is 12.8 Å². The first-order chi connectivity index (χ1) is 27.6. The van der Waals surface area contributed by atoms with Crippen LogP contribution in [0.2, 0.25) is 0 Å². The predicted octanol–water partition coefficient (Wildman–Crippen LogP) is 13.3. The van der Waals surface area contributed by atoms with Gasteiger partial charge in [0.2, 0.25) is 0 Å². The SMILES string of the molecule is C=C/C(c1ccc2ccc3c(-c4cc5ccccc5c5ccccc45)cc(CC(C)Cc4ccccc4C)c4ccc1c2c43)=c1/cccc/c1=C1\C=CC=CC1. The average molecular weight is 717 g/mol. The summed E-state index contributed by atoms with van der Waals surface area (Å²) in [6.45, 7) is 9.09. The van der Waals surface area contributed by atoms with E-state index in [1.807, 2.05) is 0 Å². The highest BCUT2D eigenvalue weighted by Gasteiger charge is 2.21. The smallest absolute Gasteiger partial charge is 0.00176 e. The molecule has 0 heteroatoms. The second-order valence-electron chi connectivity index (χ2n) is 15.8. The lowest BCUT2D eigenvalue weighted by molar-refractivity contribution is 0.578. The van der Waals surface area contributed by atoms with Crippen molar-refractivity contribution in [2.45, 2.75) is 33.1 Å². The number of allylic oxidation sites excluding steroid dienone is 5. The third-order valence-corrected chi connectivity index (χ3v) is 12.3. The van der Waals surface area contributed by atoms with Gasteiger partial charge in [-0.25, -0.2) is 0 Å². The van der Waals surface area contributed by atoms with Crippen molar-refractivity contribution in [3.63, 3.8) is 0 Å². The molecule has 56 heavy (non-hydrogen) atoms. The summed E-state index contributed by atoms with van der Waals surface area (Å²) in [5, 5.41) is 15.6. The molecule has 0 saturated heterocycles. The minimum Gasteiger partial charge on any atom is -0.0984 e. The quantitative estimate of drug-likeness (QED) is 0.144. The number of hydrogen-bond donors (Lipinski definition) is 0. The van der Waals surface area contributed by atoms with Crippen molar-refractivity contribution in [1.82, 2.24) is 0 Å². The van der Waals surface area contributed by atoms with Crippen molar-refractivity contribution in [3.05, 3.63) is 215 Å². The van der Waals surface area contributed by atoms with Gasteiger partial charge in [0, 0.05) is 0 Å². The van der Waals surface area contributed by atoms with Gasteiger partial charge in [-0.15, -0.1) is 0 Å². The predicted molar refractivity (Wildman–Crippen MR) is 243 cm³/mol. The normalized spacial score (nSPS) is 15.0. The fraction of sp³-hybridized carbons (Fsp3) is 0.107. The summed E-state index contributed by atoms with van der Waals surface area (Å²) in [5.41, 5.74) is 10.6. The molecule has 0 aliphatic heterocycles. The van der Waals surface area contributed by atoms with Gasteiger partial charge in [0.1, 0.15) is 0 Å². The first kappa shape index (κ1) is 34.0. The van der Waals surface area contributed by atoms with Crippen LogP contribution in [0.1, 0.15) is 35.6 Å². The highest BCUT2D eigenvalue weighted by Crippen LogP contribution is 2.45. The molecule has 1 aliphatic carbocycles. The molecule has 0 amide bonds. The van der Waals surface area contributed by atoms with Crippen LogP contribution in [0.5, 0.6) is 0 Å². The molecule has 0 fully saturated rings. The molecule has 10 rings (SSSR count). The van der Waals surface area contributed by atoms with E-state index < -0.39 is 0 Å². The minimum atomic E-state index is 0.463. The van der Waals surface area contributed by atoms with E-state index in [4.69, 9.17) is 0 Å². The van der Waals surface area contributed by atoms with Crippen LogP contribution in [0.3, 0.4) is 0 Å². The maximum absolute atomic E-state index is 4.43. The molecule has 0 saturated carbocycles. The van der Waals surface area contributed by atoms with Gasteiger partial charge in [0.25, 0.3) is 0 Å². The minimum absolute atomic E-state index is 0.463. The zero-order chi connectivity index (χ0) is 37.8. The molecule has 0 heterocycles. The summed E-state index contributed by atoms with van der Waals surface area (Å²) < 4.78 is 0. The van der Waals surface area contributed by atoms with Crippen molar-refractivity contribution in [3.8, 4) is 11.1 Å². The lowest BCUT2D eigenvalue weighted by atomic mass is 9.81. The van der Waals surface area contributed by atoms with Crippen LogP contribution in [-0.4, -0.2) is 0 Å². The van der Waals surface area contributed by atoms with Crippen LogP contribution < -0.4 is 10.4 Å². The fourth-order valence-corrected chi connectivity index (χ4v) is 9.61.